The average molecular weight is 484 g/mol. The molecule has 0 spiro atoms. The maximum absolute atomic E-state index is 10.9. The summed E-state index contributed by atoms with van der Waals surface area (Å²) in [6.45, 7) is 7.56. The van der Waals surface area contributed by atoms with Crippen LogP contribution in [0.2, 0.25) is 0 Å². The molecule has 0 amide bonds. The molecular formula is C21H28Br2N2O. The third-order valence-electron chi connectivity index (χ3n) is 5.77. The van der Waals surface area contributed by atoms with E-state index in [2.05, 4.69) is 82.0 Å². The largest absolute Gasteiger partial charge is 0.506 e. The second kappa shape index (κ2) is 7.69. The summed E-state index contributed by atoms with van der Waals surface area (Å²) >= 11 is 7.19. The molecule has 1 aromatic rings. The van der Waals surface area contributed by atoms with Gasteiger partial charge in [-0.15, -0.1) is 0 Å². The molecular weight excluding hydrogens is 456 g/mol. The van der Waals surface area contributed by atoms with Crippen LogP contribution in [0.25, 0.3) is 0 Å². The van der Waals surface area contributed by atoms with E-state index in [0.717, 1.165) is 52.4 Å². The van der Waals surface area contributed by atoms with Crippen LogP contribution in [0.5, 0.6) is 5.75 Å². The number of benzene rings is 1. The van der Waals surface area contributed by atoms with E-state index < -0.39 is 0 Å². The monoisotopic (exact) mass is 482 g/mol. The summed E-state index contributed by atoms with van der Waals surface area (Å²) in [5, 5.41) is 14.5. The lowest BCUT2D eigenvalue weighted by molar-refractivity contribution is 0.282. The number of allylic oxidation sites excluding steroid dienone is 4. The third-order valence-corrected chi connectivity index (χ3v) is 7.00. The Bertz CT molecular complexity index is 768. The van der Waals surface area contributed by atoms with Gasteiger partial charge in [-0.05, 0) is 91.4 Å². The van der Waals surface area contributed by atoms with E-state index in [-0.39, 0.29) is 11.6 Å². The number of fused-ring (bicyclic) bond motifs is 3. The van der Waals surface area contributed by atoms with E-state index in [0.29, 0.717) is 5.75 Å². The standard InChI is InChI=1S/C21H28Br2N2O/c1-13(2)6-5-7-14(3)8-9-21-10-11-25(4)20(21)24-18-15(22)12-16(23)19(26)17(18)21/h6,8,12,20,24,26H,5,7,9-11H2,1-4H3. The molecule has 0 aromatic heterocycles. The quantitative estimate of drug-likeness (QED) is 0.480. The number of likely N-dealkylation sites (N-methyl/N-ethyl adjacent to an activating group) is 1. The van der Waals surface area contributed by atoms with Gasteiger partial charge in [0.1, 0.15) is 5.75 Å². The molecule has 2 aliphatic heterocycles. The van der Waals surface area contributed by atoms with Crippen LogP contribution in [-0.4, -0.2) is 29.8 Å². The number of nitrogens with one attached hydrogen (secondary N) is 1. The fraction of sp³-hybridized carbons (Fsp3) is 0.524. The number of phenols is 1. The molecule has 0 saturated carbocycles. The Labute approximate surface area is 173 Å². The van der Waals surface area contributed by atoms with E-state index in [1.54, 1.807) is 0 Å². The molecule has 3 nitrogen and oxygen atoms in total. The highest BCUT2D eigenvalue weighted by atomic mass is 79.9. The van der Waals surface area contributed by atoms with E-state index in [9.17, 15) is 5.11 Å². The van der Waals surface area contributed by atoms with Gasteiger partial charge in [-0.1, -0.05) is 23.3 Å². The zero-order chi connectivity index (χ0) is 19.1. The molecule has 1 saturated heterocycles. The number of hydrogen-bond donors (Lipinski definition) is 2. The Morgan fingerprint density at radius 2 is 2.04 bits per heavy atom. The molecule has 2 aliphatic rings. The Kier molecular flexibility index (Phi) is 5.90. The average Bonchev–Trinajstić information content (AvgIpc) is 3.06. The van der Waals surface area contributed by atoms with Crippen molar-refractivity contribution in [1.29, 1.82) is 0 Å². The molecule has 2 heterocycles. The van der Waals surface area contributed by atoms with E-state index >= 15 is 0 Å². The molecule has 142 valence electrons. The molecule has 2 unspecified atom stereocenters. The van der Waals surface area contributed by atoms with Crippen molar-refractivity contribution in [2.45, 2.75) is 58.0 Å². The molecule has 5 heteroatoms. The predicted molar refractivity (Wildman–Crippen MR) is 117 cm³/mol. The van der Waals surface area contributed by atoms with Gasteiger partial charge in [0.05, 0.1) is 16.3 Å². The zero-order valence-corrected chi connectivity index (χ0v) is 19.2. The number of likely N-dealkylation sites (tertiary alicyclic amines) is 1. The summed E-state index contributed by atoms with van der Waals surface area (Å²) in [5.74, 6) is 0.379. The molecule has 0 aliphatic carbocycles. The number of rotatable bonds is 5. The van der Waals surface area contributed by atoms with Crippen molar-refractivity contribution in [1.82, 2.24) is 4.90 Å². The summed E-state index contributed by atoms with van der Waals surface area (Å²) < 4.78 is 1.76. The maximum Gasteiger partial charge on any atom is 0.135 e. The Morgan fingerprint density at radius 3 is 2.73 bits per heavy atom. The van der Waals surface area contributed by atoms with Crippen molar-refractivity contribution >= 4 is 37.5 Å². The number of hydrogen-bond acceptors (Lipinski definition) is 3. The van der Waals surface area contributed by atoms with Crippen LogP contribution in [0.3, 0.4) is 0 Å². The Morgan fingerprint density at radius 1 is 1.31 bits per heavy atom. The number of halogens is 2. The molecule has 0 bridgehead atoms. The number of anilines is 1. The van der Waals surface area contributed by atoms with Crippen LogP contribution >= 0.6 is 31.9 Å². The minimum absolute atomic E-state index is 0.0851. The topological polar surface area (TPSA) is 35.5 Å². The van der Waals surface area contributed by atoms with Crippen molar-refractivity contribution in [2.75, 3.05) is 18.9 Å². The molecule has 1 fully saturated rings. The van der Waals surface area contributed by atoms with Gasteiger partial charge in [0, 0.05) is 22.0 Å². The summed E-state index contributed by atoms with van der Waals surface area (Å²) in [6, 6.07) is 1.93. The van der Waals surface area contributed by atoms with Crippen molar-refractivity contribution < 1.29 is 5.11 Å². The molecule has 2 atom stereocenters. The minimum Gasteiger partial charge on any atom is -0.506 e. The van der Waals surface area contributed by atoms with Gasteiger partial charge in [-0.3, -0.25) is 4.90 Å². The highest BCUT2D eigenvalue weighted by molar-refractivity contribution is 9.11. The van der Waals surface area contributed by atoms with Crippen LogP contribution < -0.4 is 5.32 Å². The van der Waals surface area contributed by atoms with Crippen molar-refractivity contribution in [2.24, 2.45) is 0 Å². The summed E-state index contributed by atoms with van der Waals surface area (Å²) in [5.41, 5.74) is 4.81. The second-order valence-electron chi connectivity index (χ2n) is 7.95. The van der Waals surface area contributed by atoms with Crippen molar-refractivity contribution in [3.05, 3.63) is 43.9 Å². The molecule has 1 aromatic carbocycles. The zero-order valence-electron chi connectivity index (χ0n) is 16.0. The SMILES string of the molecule is CC(C)=CCCC(C)=CCC12CCN(C)C1Nc1c(Br)cc(Br)c(O)c12. The first-order valence-electron chi connectivity index (χ1n) is 9.23. The summed E-state index contributed by atoms with van der Waals surface area (Å²) in [4.78, 5) is 2.37. The van der Waals surface area contributed by atoms with Gasteiger partial charge < -0.3 is 10.4 Å². The maximum atomic E-state index is 10.9. The van der Waals surface area contributed by atoms with Gasteiger partial charge in [-0.2, -0.15) is 0 Å². The van der Waals surface area contributed by atoms with Gasteiger partial charge in [0.15, 0.2) is 0 Å². The fourth-order valence-corrected chi connectivity index (χ4v) is 5.58. The molecule has 2 N–H and O–H groups in total. The van der Waals surface area contributed by atoms with E-state index in [1.165, 1.54) is 11.1 Å². The third kappa shape index (κ3) is 3.50. The molecule has 0 radical (unpaired) electrons. The number of phenolic OH excluding ortho intramolecular Hbond substituents is 1. The van der Waals surface area contributed by atoms with Crippen LogP contribution in [0.1, 0.15) is 52.0 Å². The second-order valence-corrected chi connectivity index (χ2v) is 9.66. The van der Waals surface area contributed by atoms with Crippen LogP contribution in [-0.2, 0) is 5.41 Å². The Hall–Kier alpha value is -0.780. The van der Waals surface area contributed by atoms with Crippen molar-refractivity contribution in [3.8, 4) is 5.75 Å². The van der Waals surface area contributed by atoms with Crippen molar-refractivity contribution in [3.63, 3.8) is 0 Å². The lowest BCUT2D eigenvalue weighted by Crippen LogP contribution is -2.41. The highest BCUT2D eigenvalue weighted by Gasteiger charge is 2.54. The van der Waals surface area contributed by atoms with Gasteiger partial charge in [0.25, 0.3) is 0 Å². The minimum atomic E-state index is -0.0851. The van der Waals surface area contributed by atoms with Gasteiger partial charge >= 0.3 is 0 Å². The normalized spacial score (nSPS) is 25.0. The summed E-state index contributed by atoms with van der Waals surface area (Å²) in [6.07, 6.45) is 9.08. The van der Waals surface area contributed by atoms with Gasteiger partial charge in [-0.25, -0.2) is 0 Å². The summed E-state index contributed by atoms with van der Waals surface area (Å²) in [7, 11) is 2.16. The van der Waals surface area contributed by atoms with Crippen LogP contribution in [0.15, 0.2) is 38.3 Å². The predicted octanol–water partition coefficient (Wildman–Crippen LogP) is 6.32. The van der Waals surface area contributed by atoms with E-state index in [1.807, 2.05) is 6.07 Å². The number of nitrogens with zero attached hydrogens (tertiary/aromatic N) is 1. The first-order valence-corrected chi connectivity index (χ1v) is 10.8. The first-order chi connectivity index (χ1) is 12.3. The smallest absolute Gasteiger partial charge is 0.135 e. The Balaban J connectivity index is 1.93. The fourth-order valence-electron chi connectivity index (χ4n) is 4.31. The first kappa shape index (κ1) is 20.0. The number of aromatic hydroxyl groups is 1. The van der Waals surface area contributed by atoms with Gasteiger partial charge in [0.2, 0.25) is 0 Å². The van der Waals surface area contributed by atoms with Crippen LogP contribution in [0, 0.1) is 0 Å². The highest BCUT2D eigenvalue weighted by Crippen LogP contribution is 2.57. The van der Waals surface area contributed by atoms with E-state index in [4.69, 9.17) is 0 Å². The van der Waals surface area contributed by atoms with Crippen LogP contribution in [0.4, 0.5) is 5.69 Å². The molecule has 3 rings (SSSR count). The molecule has 26 heavy (non-hydrogen) atoms. The lowest BCUT2D eigenvalue weighted by Gasteiger charge is -2.31. The lowest BCUT2D eigenvalue weighted by atomic mass is 9.75.